The lowest BCUT2D eigenvalue weighted by Crippen LogP contribution is -2.17. The van der Waals surface area contributed by atoms with Gasteiger partial charge in [-0.3, -0.25) is 0 Å². The van der Waals surface area contributed by atoms with Gasteiger partial charge in [-0.2, -0.15) is 0 Å². The molecular formula is C11H16N2O2S. The molecule has 0 unspecified atom stereocenters. The molecule has 0 radical (unpaired) electrons. The fraction of sp³-hybridized carbons (Fsp3) is 0.455. The van der Waals surface area contributed by atoms with E-state index in [-0.39, 0.29) is 5.75 Å². The zero-order chi connectivity index (χ0) is 11.6. The van der Waals surface area contributed by atoms with Crippen LogP contribution in [-0.4, -0.2) is 27.3 Å². The Morgan fingerprint density at radius 2 is 2.19 bits per heavy atom. The summed E-state index contributed by atoms with van der Waals surface area (Å²) in [6, 6.07) is 5.42. The average Bonchev–Trinajstić information content (AvgIpc) is 2.25. The van der Waals surface area contributed by atoms with E-state index in [1.807, 2.05) is 6.07 Å². The summed E-state index contributed by atoms with van der Waals surface area (Å²) in [5.41, 5.74) is 7.27. The van der Waals surface area contributed by atoms with Crippen molar-refractivity contribution >= 4 is 15.5 Å². The molecule has 0 atom stereocenters. The number of nitrogens with one attached hydrogen (secondary N) is 1. The Morgan fingerprint density at radius 1 is 1.38 bits per heavy atom. The third kappa shape index (κ3) is 2.20. The molecule has 1 aliphatic heterocycles. The molecule has 1 heterocycles. The van der Waals surface area contributed by atoms with Crippen LogP contribution in [0.15, 0.2) is 23.1 Å². The second-order valence-corrected chi connectivity index (χ2v) is 6.04. The molecule has 16 heavy (non-hydrogen) atoms. The molecule has 0 saturated carbocycles. The van der Waals surface area contributed by atoms with Crippen LogP contribution in [0.5, 0.6) is 0 Å². The van der Waals surface area contributed by atoms with Crippen molar-refractivity contribution in [1.82, 2.24) is 0 Å². The van der Waals surface area contributed by atoms with Gasteiger partial charge in [0.2, 0.25) is 0 Å². The SMILES string of the molecule is NCCNc1ccc2c(c1)CCCS2(=O)=O. The van der Waals surface area contributed by atoms with E-state index in [1.165, 1.54) is 0 Å². The summed E-state index contributed by atoms with van der Waals surface area (Å²) in [6.07, 6.45) is 1.56. The van der Waals surface area contributed by atoms with Crippen molar-refractivity contribution < 1.29 is 8.42 Å². The molecule has 2 rings (SSSR count). The van der Waals surface area contributed by atoms with Crippen molar-refractivity contribution in [3.05, 3.63) is 23.8 Å². The van der Waals surface area contributed by atoms with E-state index in [4.69, 9.17) is 5.73 Å². The number of fused-ring (bicyclic) bond motifs is 1. The maximum atomic E-state index is 11.8. The molecule has 1 aromatic rings. The Hall–Kier alpha value is -1.07. The van der Waals surface area contributed by atoms with E-state index in [2.05, 4.69) is 5.32 Å². The zero-order valence-electron chi connectivity index (χ0n) is 9.07. The highest BCUT2D eigenvalue weighted by atomic mass is 32.2. The van der Waals surface area contributed by atoms with Crippen LogP contribution in [-0.2, 0) is 16.3 Å². The average molecular weight is 240 g/mol. The summed E-state index contributed by atoms with van der Waals surface area (Å²) >= 11 is 0. The predicted octanol–water partition coefficient (Wildman–Crippen LogP) is 0.777. The highest BCUT2D eigenvalue weighted by Gasteiger charge is 2.23. The molecule has 1 aliphatic rings. The molecule has 0 fully saturated rings. The van der Waals surface area contributed by atoms with Gasteiger partial charge >= 0.3 is 0 Å². The molecule has 4 nitrogen and oxygen atoms in total. The summed E-state index contributed by atoms with van der Waals surface area (Å²) in [7, 11) is -3.03. The third-order valence-corrected chi connectivity index (χ3v) is 4.62. The van der Waals surface area contributed by atoms with Gasteiger partial charge in [0.15, 0.2) is 9.84 Å². The molecule has 0 spiro atoms. The van der Waals surface area contributed by atoms with Crippen molar-refractivity contribution in [2.75, 3.05) is 24.2 Å². The maximum Gasteiger partial charge on any atom is 0.178 e. The van der Waals surface area contributed by atoms with Gasteiger partial charge in [0.25, 0.3) is 0 Å². The monoisotopic (exact) mass is 240 g/mol. The number of aryl methyl sites for hydroxylation is 1. The lowest BCUT2D eigenvalue weighted by Gasteiger charge is -2.17. The standard InChI is InChI=1S/C11H16N2O2S/c12-5-6-13-10-3-4-11-9(8-10)2-1-7-16(11,14)15/h3-4,8,13H,1-2,5-7,12H2. The van der Waals surface area contributed by atoms with E-state index in [0.29, 0.717) is 18.0 Å². The summed E-state index contributed by atoms with van der Waals surface area (Å²) < 4.78 is 23.5. The first-order chi connectivity index (χ1) is 7.63. The van der Waals surface area contributed by atoms with E-state index >= 15 is 0 Å². The van der Waals surface area contributed by atoms with E-state index in [9.17, 15) is 8.42 Å². The van der Waals surface area contributed by atoms with Gasteiger partial charge in [-0.25, -0.2) is 8.42 Å². The van der Waals surface area contributed by atoms with Crippen LogP contribution >= 0.6 is 0 Å². The number of benzene rings is 1. The Balaban J connectivity index is 2.32. The van der Waals surface area contributed by atoms with Gasteiger partial charge in [0, 0.05) is 18.8 Å². The van der Waals surface area contributed by atoms with E-state index < -0.39 is 9.84 Å². The normalized spacial score (nSPS) is 17.8. The van der Waals surface area contributed by atoms with Gasteiger partial charge in [-0.15, -0.1) is 0 Å². The van der Waals surface area contributed by atoms with Crippen molar-refractivity contribution in [2.45, 2.75) is 17.7 Å². The first-order valence-electron chi connectivity index (χ1n) is 5.43. The molecule has 0 bridgehead atoms. The Morgan fingerprint density at radius 3 is 2.94 bits per heavy atom. The van der Waals surface area contributed by atoms with Crippen LogP contribution in [0.25, 0.3) is 0 Å². The second-order valence-electron chi connectivity index (χ2n) is 3.96. The summed E-state index contributed by atoms with van der Waals surface area (Å²) in [5.74, 6) is 0.273. The second kappa shape index (κ2) is 4.43. The first kappa shape index (κ1) is 11.4. The lowest BCUT2D eigenvalue weighted by atomic mass is 10.1. The number of hydrogen-bond donors (Lipinski definition) is 2. The fourth-order valence-electron chi connectivity index (χ4n) is 1.97. The molecule has 0 saturated heterocycles. The summed E-state index contributed by atoms with van der Waals surface area (Å²) in [4.78, 5) is 0.497. The van der Waals surface area contributed by atoms with Crippen LogP contribution in [0.3, 0.4) is 0 Å². The molecule has 0 aromatic heterocycles. The smallest absolute Gasteiger partial charge is 0.178 e. The number of hydrogen-bond acceptors (Lipinski definition) is 4. The molecule has 0 amide bonds. The Bertz CT molecular complexity index is 483. The quantitative estimate of drug-likeness (QED) is 0.819. The number of nitrogens with two attached hydrogens (primary N) is 1. The van der Waals surface area contributed by atoms with E-state index in [1.54, 1.807) is 12.1 Å². The number of sulfone groups is 1. The highest BCUT2D eigenvalue weighted by molar-refractivity contribution is 7.91. The van der Waals surface area contributed by atoms with Crippen molar-refractivity contribution in [3.8, 4) is 0 Å². The molecular weight excluding hydrogens is 224 g/mol. The number of rotatable bonds is 3. The number of anilines is 1. The summed E-state index contributed by atoms with van der Waals surface area (Å²) in [6.45, 7) is 1.26. The maximum absolute atomic E-state index is 11.8. The topological polar surface area (TPSA) is 72.2 Å². The minimum absolute atomic E-state index is 0.273. The van der Waals surface area contributed by atoms with Crippen LogP contribution in [0.1, 0.15) is 12.0 Å². The fourth-order valence-corrected chi connectivity index (χ4v) is 3.55. The minimum atomic E-state index is -3.03. The minimum Gasteiger partial charge on any atom is -0.384 e. The van der Waals surface area contributed by atoms with Gasteiger partial charge in [0.05, 0.1) is 10.6 Å². The Labute approximate surface area is 95.8 Å². The molecule has 88 valence electrons. The van der Waals surface area contributed by atoms with Gasteiger partial charge in [-0.1, -0.05) is 0 Å². The van der Waals surface area contributed by atoms with Crippen LogP contribution in [0.2, 0.25) is 0 Å². The molecule has 3 N–H and O–H groups in total. The lowest BCUT2D eigenvalue weighted by molar-refractivity contribution is 0.586. The van der Waals surface area contributed by atoms with Gasteiger partial charge in [0.1, 0.15) is 0 Å². The molecule has 1 aromatic carbocycles. The highest BCUT2D eigenvalue weighted by Crippen LogP contribution is 2.27. The van der Waals surface area contributed by atoms with Gasteiger partial charge < -0.3 is 11.1 Å². The predicted molar refractivity (Wildman–Crippen MR) is 64.4 cm³/mol. The van der Waals surface area contributed by atoms with Crippen molar-refractivity contribution in [1.29, 1.82) is 0 Å². The van der Waals surface area contributed by atoms with Crippen molar-refractivity contribution in [3.63, 3.8) is 0 Å². The van der Waals surface area contributed by atoms with E-state index in [0.717, 1.165) is 24.1 Å². The zero-order valence-corrected chi connectivity index (χ0v) is 9.89. The van der Waals surface area contributed by atoms with Crippen LogP contribution in [0.4, 0.5) is 5.69 Å². The van der Waals surface area contributed by atoms with Gasteiger partial charge in [-0.05, 0) is 36.6 Å². The van der Waals surface area contributed by atoms with Crippen LogP contribution < -0.4 is 11.1 Å². The van der Waals surface area contributed by atoms with Crippen LogP contribution in [0, 0.1) is 0 Å². The Kier molecular flexibility index (Phi) is 3.16. The first-order valence-corrected chi connectivity index (χ1v) is 7.08. The largest absolute Gasteiger partial charge is 0.384 e. The van der Waals surface area contributed by atoms with Crippen molar-refractivity contribution in [2.24, 2.45) is 5.73 Å². The third-order valence-electron chi connectivity index (χ3n) is 2.73. The summed E-state index contributed by atoms with van der Waals surface area (Å²) in [5, 5.41) is 3.15. The molecule has 0 aliphatic carbocycles. The molecule has 5 heteroatoms.